The highest BCUT2D eigenvalue weighted by Crippen LogP contribution is 2.34. The highest BCUT2D eigenvalue weighted by molar-refractivity contribution is 9.13. The summed E-state index contributed by atoms with van der Waals surface area (Å²) in [5, 5.41) is 0. The van der Waals surface area contributed by atoms with Gasteiger partial charge in [-0.25, -0.2) is 0 Å². The maximum Gasteiger partial charge on any atom is 0.189 e. The minimum Gasteiger partial charge on any atom is -0.293 e. The number of rotatable bonds is 5. The largest absolute Gasteiger partial charge is 0.293 e. The molecule has 18 heavy (non-hydrogen) atoms. The predicted molar refractivity (Wildman–Crippen MR) is 83.6 cm³/mol. The Morgan fingerprint density at radius 1 is 1.44 bits per heavy atom. The van der Waals surface area contributed by atoms with E-state index in [0.717, 1.165) is 39.1 Å². The second-order valence-electron chi connectivity index (χ2n) is 4.64. The number of nitrogens with zero attached hydrogens (tertiary/aromatic N) is 1. The Bertz CT molecular complexity index is 407. The average Bonchev–Trinajstić information content (AvgIpc) is 2.97. The molecular formula is C13H17Br2NOS. The Hall–Kier alpha value is 0.290. The van der Waals surface area contributed by atoms with Gasteiger partial charge in [-0.05, 0) is 70.3 Å². The SMILES string of the molecule is CCCC(C(=O)c1cc(Br)c(Br)s1)N1CCCC1. The number of Topliss-reactive ketones (excluding diaryl/α,β-unsaturated/α-hetero) is 1. The molecule has 0 aromatic carbocycles. The molecule has 0 saturated carbocycles. The smallest absolute Gasteiger partial charge is 0.189 e. The van der Waals surface area contributed by atoms with Crippen molar-refractivity contribution in [2.24, 2.45) is 0 Å². The van der Waals surface area contributed by atoms with Gasteiger partial charge in [-0.1, -0.05) is 13.3 Å². The van der Waals surface area contributed by atoms with Crippen molar-refractivity contribution in [3.63, 3.8) is 0 Å². The molecule has 1 atom stereocenters. The molecule has 1 unspecified atom stereocenters. The molecule has 1 aromatic rings. The summed E-state index contributed by atoms with van der Waals surface area (Å²) in [5.74, 6) is 0.287. The first-order valence-corrected chi connectivity index (χ1v) is 8.76. The number of hydrogen-bond acceptors (Lipinski definition) is 3. The van der Waals surface area contributed by atoms with Gasteiger partial charge >= 0.3 is 0 Å². The fraction of sp³-hybridized carbons (Fsp3) is 0.615. The normalized spacial score (nSPS) is 18.2. The molecule has 0 aliphatic carbocycles. The fourth-order valence-electron chi connectivity index (χ4n) is 2.44. The van der Waals surface area contributed by atoms with Gasteiger partial charge in [-0.2, -0.15) is 0 Å². The van der Waals surface area contributed by atoms with Gasteiger partial charge in [0.1, 0.15) is 0 Å². The molecular weight excluding hydrogens is 378 g/mol. The van der Waals surface area contributed by atoms with Crippen LogP contribution < -0.4 is 0 Å². The van der Waals surface area contributed by atoms with Crippen LogP contribution in [0.2, 0.25) is 0 Å². The molecule has 2 heterocycles. The van der Waals surface area contributed by atoms with Crippen LogP contribution in [-0.4, -0.2) is 29.8 Å². The first-order valence-electron chi connectivity index (χ1n) is 6.36. The second kappa shape index (κ2) is 6.64. The van der Waals surface area contributed by atoms with Crippen molar-refractivity contribution in [3.05, 3.63) is 19.2 Å². The van der Waals surface area contributed by atoms with Crippen LogP contribution in [0.15, 0.2) is 14.3 Å². The maximum atomic E-state index is 12.6. The summed E-state index contributed by atoms with van der Waals surface area (Å²) in [6, 6.07) is 2.02. The second-order valence-corrected chi connectivity index (χ2v) is 7.87. The highest BCUT2D eigenvalue weighted by atomic mass is 79.9. The van der Waals surface area contributed by atoms with Crippen molar-refractivity contribution in [1.82, 2.24) is 4.90 Å². The molecule has 1 saturated heterocycles. The molecule has 0 bridgehead atoms. The van der Waals surface area contributed by atoms with E-state index in [1.165, 1.54) is 24.2 Å². The molecule has 100 valence electrons. The Morgan fingerprint density at radius 3 is 2.61 bits per heavy atom. The number of halogens is 2. The van der Waals surface area contributed by atoms with Crippen LogP contribution in [0.3, 0.4) is 0 Å². The van der Waals surface area contributed by atoms with Gasteiger partial charge in [-0.15, -0.1) is 11.3 Å². The van der Waals surface area contributed by atoms with Crippen molar-refractivity contribution in [1.29, 1.82) is 0 Å². The van der Waals surface area contributed by atoms with Crippen molar-refractivity contribution >= 4 is 49.0 Å². The third-order valence-electron chi connectivity index (χ3n) is 3.33. The number of carbonyl (C=O) groups is 1. The zero-order valence-corrected chi connectivity index (χ0v) is 14.4. The van der Waals surface area contributed by atoms with E-state index >= 15 is 0 Å². The first kappa shape index (κ1) is 14.7. The average molecular weight is 395 g/mol. The van der Waals surface area contributed by atoms with Crippen molar-refractivity contribution in [2.45, 2.75) is 38.6 Å². The van der Waals surface area contributed by atoms with E-state index in [2.05, 4.69) is 43.7 Å². The fourth-order valence-corrected chi connectivity index (χ4v) is 4.46. The summed E-state index contributed by atoms with van der Waals surface area (Å²) in [5.41, 5.74) is 0. The van der Waals surface area contributed by atoms with E-state index in [0.29, 0.717) is 0 Å². The lowest BCUT2D eigenvalue weighted by Gasteiger charge is -2.25. The zero-order valence-electron chi connectivity index (χ0n) is 10.4. The minimum atomic E-state index is 0.0787. The summed E-state index contributed by atoms with van der Waals surface area (Å²) in [4.78, 5) is 15.8. The van der Waals surface area contributed by atoms with Gasteiger partial charge in [0, 0.05) is 4.47 Å². The summed E-state index contributed by atoms with van der Waals surface area (Å²) in [6.07, 6.45) is 4.48. The van der Waals surface area contributed by atoms with E-state index in [9.17, 15) is 4.79 Å². The third-order valence-corrected chi connectivity index (χ3v) is 6.60. The topological polar surface area (TPSA) is 20.3 Å². The van der Waals surface area contributed by atoms with Crippen LogP contribution in [-0.2, 0) is 0 Å². The summed E-state index contributed by atoms with van der Waals surface area (Å²) < 4.78 is 1.98. The van der Waals surface area contributed by atoms with E-state index in [1.54, 1.807) is 0 Å². The van der Waals surface area contributed by atoms with Crippen LogP contribution >= 0.6 is 43.2 Å². The molecule has 1 aliphatic heterocycles. The third kappa shape index (κ3) is 3.24. The Balaban J connectivity index is 2.16. The van der Waals surface area contributed by atoms with Crippen molar-refractivity contribution in [2.75, 3.05) is 13.1 Å². The van der Waals surface area contributed by atoms with Crippen LogP contribution in [0.5, 0.6) is 0 Å². The van der Waals surface area contributed by atoms with Gasteiger partial charge in [-0.3, -0.25) is 9.69 Å². The van der Waals surface area contributed by atoms with Crippen molar-refractivity contribution in [3.8, 4) is 0 Å². The number of carbonyl (C=O) groups excluding carboxylic acids is 1. The van der Waals surface area contributed by atoms with E-state index in [-0.39, 0.29) is 11.8 Å². The lowest BCUT2D eigenvalue weighted by Crippen LogP contribution is -2.39. The molecule has 2 rings (SSSR count). The van der Waals surface area contributed by atoms with E-state index in [1.807, 2.05) is 6.07 Å². The number of likely N-dealkylation sites (tertiary alicyclic amines) is 1. The Morgan fingerprint density at radius 2 is 2.11 bits per heavy atom. The Kier molecular flexibility index (Phi) is 5.42. The highest BCUT2D eigenvalue weighted by Gasteiger charge is 2.29. The predicted octanol–water partition coefficient (Wildman–Crippen LogP) is 4.72. The van der Waals surface area contributed by atoms with Crippen LogP contribution in [0.25, 0.3) is 0 Å². The van der Waals surface area contributed by atoms with E-state index < -0.39 is 0 Å². The minimum absolute atomic E-state index is 0.0787. The van der Waals surface area contributed by atoms with Gasteiger partial charge < -0.3 is 0 Å². The quantitative estimate of drug-likeness (QED) is 0.673. The number of thiophene rings is 1. The summed E-state index contributed by atoms with van der Waals surface area (Å²) >= 11 is 8.44. The monoisotopic (exact) mass is 393 g/mol. The molecule has 0 spiro atoms. The van der Waals surface area contributed by atoms with Crippen LogP contribution in [0.4, 0.5) is 0 Å². The number of hydrogen-bond donors (Lipinski definition) is 0. The zero-order chi connectivity index (χ0) is 13.1. The van der Waals surface area contributed by atoms with Gasteiger partial charge in [0.25, 0.3) is 0 Å². The molecule has 1 aromatic heterocycles. The van der Waals surface area contributed by atoms with Crippen LogP contribution in [0.1, 0.15) is 42.3 Å². The lowest BCUT2D eigenvalue weighted by molar-refractivity contribution is 0.0841. The molecule has 0 amide bonds. The summed E-state index contributed by atoms with van der Waals surface area (Å²) in [6.45, 7) is 4.30. The number of ketones is 1. The first-order chi connectivity index (χ1) is 8.63. The standard InChI is InChI=1S/C13H17Br2NOS/c1-2-5-10(16-6-3-4-7-16)12(17)11-8-9(14)13(15)18-11/h8,10H,2-7H2,1H3. The lowest BCUT2D eigenvalue weighted by atomic mass is 10.0. The van der Waals surface area contributed by atoms with Gasteiger partial charge in [0.2, 0.25) is 0 Å². The molecule has 1 fully saturated rings. The maximum absolute atomic E-state index is 12.6. The molecule has 1 aliphatic rings. The van der Waals surface area contributed by atoms with Gasteiger partial charge in [0.15, 0.2) is 5.78 Å². The van der Waals surface area contributed by atoms with Crippen molar-refractivity contribution < 1.29 is 4.79 Å². The molecule has 2 nitrogen and oxygen atoms in total. The van der Waals surface area contributed by atoms with Crippen LogP contribution in [0, 0.1) is 0 Å². The molecule has 0 N–H and O–H groups in total. The molecule has 0 radical (unpaired) electrons. The summed E-state index contributed by atoms with van der Waals surface area (Å²) in [7, 11) is 0. The molecule has 5 heteroatoms. The van der Waals surface area contributed by atoms with E-state index in [4.69, 9.17) is 0 Å². The van der Waals surface area contributed by atoms with Gasteiger partial charge in [0.05, 0.1) is 14.7 Å². The Labute approximate surface area is 129 Å².